The second kappa shape index (κ2) is 10.1. The first-order valence-corrected chi connectivity index (χ1v) is 13.4. The number of likely N-dealkylation sites (N-methyl/N-ethyl adjacent to an activating group) is 1. The van der Waals surface area contributed by atoms with Crippen molar-refractivity contribution >= 4 is 38.9 Å². The Hall–Kier alpha value is -2.57. The predicted octanol–water partition coefficient (Wildman–Crippen LogP) is 3.40. The van der Waals surface area contributed by atoms with Crippen LogP contribution in [0.25, 0.3) is 0 Å². The lowest BCUT2D eigenvalue weighted by Gasteiger charge is -2.35. The van der Waals surface area contributed by atoms with Gasteiger partial charge in [-0.05, 0) is 43.3 Å². The molecule has 2 aromatic rings. The molecular weight excluding hydrogens is 521 g/mol. The van der Waals surface area contributed by atoms with E-state index in [1.54, 1.807) is 12.1 Å². The lowest BCUT2D eigenvalue weighted by atomic mass is 10.2. The number of alkyl halides is 3. The van der Waals surface area contributed by atoms with Crippen LogP contribution in [-0.4, -0.2) is 79.9 Å². The molecular formula is C23H26ClF3N4O4S. The van der Waals surface area contributed by atoms with Gasteiger partial charge in [0.25, 0.3) is 0 Å². The van der Waals surface area contributed by atoms with Gasteiger partial charge in [0.15, 0.2) is 9.84 Å². The number of hydrogen-bond acceptors (Lipinski definition) is 7. The van der Waals surface area contributed by atoms with Crippen molar-refractivity contribution in [1.29, 1.82) is 0 Å². The van der Waals surface area contributed by atoms with E-state index in [2.05, 4.69) is 21.7 Å². The molecule has 36 heavy (non-hydrogen) atoms. The summed E-state index contributed by atoms with van der Waals surface area (Å²) < 4.78 is 67.6. The number of aromatic nitrogens is 1. The molecule has 0 bridgehead atoms. The van der Waals surface area contributed by atoms with Gasteiger partial charge in [-0.25, -0.2) is 18.2 Å². The molecule has 2 saturated heterocycles. The number of aliphatic carboxylic acids is 1. The minimum Gasteiger partial charge on any atom is -0.480 e. The van der Waals surface area contributed by atoms with Crippen LogP contribution in [0.15, 0.2) is 41.4 Å². The number of rotatable bonds is 6. The third-order valence-corrected chi connectivity index (χ3v) is 9.37. The van der Waals surface area contributed by atoms with Gasteiger partial charge in [0.05, 0.1) is 20.7 Å². The molecule has 0 radical (unpaired) electrons. The van der Waals surface area contributed by atoms with Crippen LogP contribution in [0.3, 0.4) is 0 Å². The molecule has 0 spiro atoms. The maximum atomic E-state index is 13.6. The van der Waals surface area contributed by atoms with Crippen LogP contribution in [0.4, 0.5) is 24.7 Å². The Balaban J connectivity index is 1.61. The molecule has 2 aliphatic heterocycles. The van der Waals surface area contributed by atoms with Gasteiger partial charge in [-0.1, -0.05) is 18.5 Å². The molecule has 0 saturated carbocycles. The Morgan fingerprint density at radius 1 is 1.19 bits per heavy atom. The molecule has 1 aromatic heterocycles. The van der Waals surface area contributed by atoms with E-state index in [4.69, 9.17) is 11.6 Å². The Morgan fingerprint density at radius 3 is 2.47 bits per heavy atom. The summed E-state index contributed by atoms with van der Waals surface area (Å²) in [6.07, 6.45) is -4.07. The van der Waals surface area contributed by atoms with Crippen LogP contribution in [0.1, 0.15) is 18.9 Å². The number of carbonyl (C=O) groups is 1. The van der Waals surface area contributed by atoms with Gasteiger partial charge < -0.3 is 19.8 Å². The van der Waals surface area contributed by atoms with Crippen LogP contribution >= 0.6 is 11.6 Å². The van der Waals surface area contributed by atoms with Crippen LogP contribution < -0.4 is 9.80 Å². The molecule has 1 N–H and O–H groups in total. The normalized spacial score (nSPS) is 21.7. The summed E-state index contributed by atoms with van der Waals surface area (Å²) in [5.41, 5.74) is -0.352. The van der Waals surface area contributed by atoms with Gasteiger partial charge in [0.2, 0.25) is 0 Å². The van der Waals surface area contributed by atoms with Gasteiger partial charge in [-0.2, -0.15) is 13.2 Å². The highest BCUT2D eigenvalue weighted by Gasteiger charge is 2.47. The van der Waals surface area contributed by atoms with Crippen molar-refractivity contribution in [3.05, 3.63) is 47.1 Å². The minimum atomic E-state index is -4.79. The molecule has 0 amide bonds. The van der Waals surface area contributed by atoms with E-state index in [1.165, 1.54) is 6.07 Å². The van der Waals surface area contributed by atoms with Crippen LogP contribution in [0.2, 0.25) is 5.02 Å². The molecule has 2 fully saturated rings. The fraction of sp³-hybridized carbons (Fsp3) is 0.478. The molecule has 13 heteroatoms. The van der Waals surface area contributed by atoms with Crippen LogP contribution in [0, 0.1) is 0 Å². The second-order valence-corrected chi connectivity index (χ2v) is 11.4. The summed E-state index contributed by atoms with van der Waals surface area (Å²) >= 11 is 6.40. The Bertz CT molecular complexity index is 1240. The Labute approximate surface area is 212 Å². The molecule has 8 nitrogen and oxygen atoms in total. The highest BCUT2D eigenvalue weighted by Crippen LogP contribution is 2.40. The zero-order chi connectivity index (χ0) is 26.3. The lowest BCUT2D eigenvalue weighted by molar-refractivity contribution is -0.140. The lowest BCUT2D eigenvalue weighted by Crippen LogP contribution is -2.46. The number of sulfone groups is 1. The number of anilines is 2. The van der Waals surface area contributed by atoms with Crippen molar-refractivity contribution in [2.24, 2.45) is 0 Å². The van der Waals surface area contributed by atoms with Crippen LogP contribution in [0.5, 0.6) is 0 Å². The Kier molecular flexibility index (Phi) is 7.40. The molecule has 1 aromatic carbocycles. The van der Waals surface area contributed by atoms with Crippen molar-refractivity contribution in [2.75, 3.05) is 49.1 Å². The third-order valence-electron chi connectivity index (χ3n) is 6.76. The number of pyridine rings is 1. The van der Waals surface area contributed by atoms with Crippen LogP contribution in [-0.2, 0) is 20.8 Å². The smallest absolute Gasteiger partial charge is 0.419 e. The summed E-state index contributed by atoms with van der Waals surface area (Å²) in [5.74, 6) is -2.04. The first-order chi connectivity index (χ1) is 16.9. The van der Waals surface area contributed by atoms with Gasteiger partial charge in [0, 0.05) is 44.6 Å². The number of halogens is 4. The summed E-state index contributed by atoms with van der Waals surface area (Å²) in [6.45, 7) is 5.84. The molecule has 2 aliphatic rings. The third kappa shape index (κ3) is 5.12. The molecule has 0 unspecified atom stereocenters. The van der Waals surface area contributed by atoms with E-state index < -0.39 is 57.6 Å². The summed E-state index contributed by atoms with van der Waals surface area (Å²) in [7, 11) is -4.16. The van der Waals surface area contributed by atoms with E-state index in [1.807, 2.05) is 0 Å². The number of hydrogen-bond donors (Lipinski definition) is 1. The zero-order valence-electron chi connectivity index (χ0n) is 19.4. The fourth-order valence-corrected chi connectivity index (χ4v) is 6.99. The number of carboxylic acid groups (broad SMARTS) is 1. The standard InChI is InChI=1S/C23H26ClF3N4O4S/c1-2-29-8-10-30(11-9-29)15-5-6-20(18(24)12-15)36(34,35)16-13-19(22(32)33)31(14-16)21-17(23(25,26)27)4-3-7-28-21/h3-7,12,16,19H,2,8-11,13-14H2,1H3,(H,32,33)/t16-,19+/m1/s1. The molecule has 4 rings (SSSR count). The van der Waals surface area contributed by atoms with Crippen molar-refractivity contribution < 1.29 is 31.5 Å². The molecule has 2 atom stereocenters. The number of benzene rings is 1. The predicted molar refractivity (Wildman–Crippen MR) is 129 cm³/mol. The topological polar surface area (TPSA) is 94.0 Å². The average Bonchev–Trinajstić information content (AvgIpc) is 3.30. The van der Waals surface area contributed by atoms with Crippen molar-refractivity contribution in [2.45, 2.75) is 35.7 Å². The SMILES string of the molecule is CCN1CCN(c2ccc(S(=O)(=O)[C@@H]3C[C@@H](C(=O)O)N(c4ncccc4C(F)(F)F)C3)c(Cl)c2)CC1. The summed E-state index contributed by atoms with van der Waals surface area (Å²) in [5, 5.41) is 8.39. The minimum absolute atomic E-state index is 0.00966. The monoisotopic (exact) mass is 546 g/mol. The van der Waals surface area contributed by atoms with E-state index in [9.17, 15) is 31.5 Å². The van der Waals surface area contributed by atoms with E-state index in [0.717, 1.165) is 61.6 Å². The van der Waals surface area contributed by atoms with Crippen molar-refractivity contribution in [1.82, 2.24) is 9.88 Å². The van der Waals surface area contributed by atoms with Gasteiger partial charge >= 0.3 is 12.1 Å². The second-order valence-electron chi connectivity index (χ2n) is 8.82. The zero-order valence-corrected chi connectivity index (χ0v) is 21.0. The highest BCUT2D eigenvalue weighted by molar-refractivity contribution is 7.92. The summed E-state index contributed by atoms with van der Waals surface area (Å²) in [4.78, 5) is 20.8. The molecule has 196 valence electrons. The van der Waals surface area contributed by atoms with Crippen molar-refractivity contribution in [3.63, 3.8) is 0 Å². The number of carboxylic acids is 1. The molecule has 0 aliphatic carbocycles. The van der Waals surface area contributed by atoms with E-state index >= 15 is 0 Å². The fourth-order valence-electron chi connectivity index (χ4n) is 4.76. The van der Waals surface area contributed by atoms with Gasteiger partial charge in [-0.3, -0.25) is 0 Å². The first kappa shape index (κ1) is 26.5. The first-order valence-electron chi connectivity index (χ1n) is 11.5. The van der Waals surface area contributed by atoms with Crippen molar-refractivity contribution in [3.8, 4) is 0 Å². The average molecular weight is 547 g/mol. The largest absolute Gasteiger partial charge is 0.480 e. The maximum absolute atomic E-state index is 13.6. The summed E-state index contributed by atoms with van der Waals surface area (Å²) in [6, 6.07) is 5.00. The van der Waals surface area contributed by atoms with E-state index in [-0.39, 0.29) is 9.92 Å². The van der Waals surface area contributed by atoms with Gasteiger partial charge in [-0.15, -0.1) is 0 Å². The van der Waals surface area contributed by atoms with Gasteiger partial charge in [0.1, 0.15) is 11.9 Å². The Morgan fingerprint density at radius 2 is 1.89 bits per heavy atom. The number of nitrogens with zero attached hydrogens (tertiary/aromatic N) is 4. The van der Waals surface area contributed by atoms with E-state index in [0.29, 0.717) is 0 Å². The maximum Gasteiger partial charge on any atom is 0.419 e. The molecule has 3 heterocycles. The number of piperazine rings is 1. The quantitative estimate of drug-likeness (QED) is 0.589. The highest BCUT2D eigenvalue weighted by atomic mass is 35.5.